The third-order valence-corrected chi connectivity index (χ3v) is 0.539. The maximum absolute atomic E-state index is 8.09. The zero-order chi connectivity index (χ0) is 6.95. The molecule has 0 amide bonds. The molecule has 0 radical (unpaired) electrons. The fourth-order valence-corrected chi connectivity index (χ4v) is 0.227. The highest BCUT2D eigenvalue weighted by Crippen LogP contribution is 1.78. The zero-order valence-corrected chi connectivity index (χ0v) is 5.12. The fraction of sp³-hybridized carbons (Fsp3) is 0.333. The van der Waals surface area contributed by atoms with Crippen LogP contribution in [-0.2, 0) is 9.78 Å². The van der Waals surface area contributed by atoms with Gasteiger partial charge >= 0.3 is 0 Å². The smallest absolute Gasteiger partial charge is 0.104 e. The molecule has 0 rings (SSSR count). The van der Waals surface area contributed by atoms with Crippen molar-refractivity contribution in [1.29, 1.82) is 0 Å². The Hall–Kier alpha value is -0.800. The summed E-state index contributed by atoms with van der Waals surface area (Å²) in [5.74, 6) is 0. The van der Waals surface area contributed by atoms with E-state index in [1.807, 2.05) is 0 Å². The Kier molecular flexibility index (Phi) is 6.56. The van der Waals surface area contributed by atoms with Crippen molar-refractivity contribution in [3.63, 3.8) is 0 Å². The van der Waals surface area contributed by atoms with E-state index in [-0.39, 0.29) is 6.61 Å². The molecule has 0 bridgehead atoms. The maximum atomic E-state index is 8.09. The van der Waals surface area contributed by atoms with E-state index in [9.17, 15) is 0 Å². The van der Waals surface area contributed by atoms with Crippen molar-refractivity contribution >= 4 is 0 Å². The van der Waals surface area contributed by atoms with Crippen LogP contribution in [0.2, 0.25) is 0 Å². The van der Waals surface area contributed by atoms with Crippen molar-refractivity contribution in [1.82, 2.24) is 0 Å². The third kappa shape index (κ3) is 7.20. The summed E-state index contributed by atoms with van der Waals surface area (Å²) in [4.78, 5) is 9.00. The van der Waals surface area contributed by atoms with Gasteiger partial charge in [-0.05, 0) is 6.08 Å². The Morgan fingerprint density at radius 2 is 2.00 bits per heavy atom. The lowest BCUT2D eigenvalue weighted by Crippen LogP contribution is -1.93. The molecule has 0 heterocycles. The van der Waals surface area contributed by atoms with Gasteiger partial charge in [0.15, 0.2) is 0 Å². The lowest BCUT2D eigenvalue weighted by atomic mass is 10.7. The van der Waals surface area contributed by atoms with Crippen LogP contribution in [-0.4, -0.2) is 18.3 Å². The van der Waals surface area contributed by atoms with Gasteiger partial charge in [-0.2, -0.15) is 0 Å². The molecule has 3 nitrogen and oxygen atoms in total. The van der Waals surface area contributed by atoms with Crippen molar-refractivity contribution in [3.05, 3.63) is 25.0 Å². The van der Waals surface area contributed by atoms with E-state index in [1.165, 1.54) is 6.08 Å². The number of aliphatic hydroxyl groups is 1. The standard InChI is InChI=1S/C6H10O3/c1-2-5-8-9-6-3-4-7/h2-4,7H,1,5-6H2. The number of hydrogen-bond donors (Lipinski definition) is 1. The Morgan fingerprint density at radius 3 is 2.56 bits per heavy atom. The highest BCUT2D eigenvalue weighted by atomic mass is 17.2. The van der Waals surface area contributed by atoms with E-state index in [1.54, 1.807) is 6.08 Å². The van der Waals surface area contributed by atoms with E-state index in [0.717, 1.165) is 6.26 Å². The largest absolute Gasteiger partial charge is 0.516 e. The van der Waals surface area contributed by atoms with Gasteiger partial charge in [0.1, 0.15) is 13.2 Å². The van der Waals surface area contributed by atoms with Crippen LogP contribution < -0.4 is 0 Å². The van der Waals surface area contributed by atoms with Crippen LogP contribution in [0.15, 0.2) is 25.0 Å². The summed E-state index contributed by atoms with van der Waals surface area (Å²) in [5, 5.41) is 8.09. The summed E-state index contributed by atoms with van der Waals surface area (Å²) >= 11 is 0. The van der Waals surface area contributed by atoms with Crippen LogP contribution >= 0.6 is 0 Å². The predicted molar refractivity (Wildman–Crippen MR) is 33.9 cm³/mol. The van der Waals surface area contributed by atoms with Gasteiger partial charge in [0.05, 0.1) is 6.26 Å². The molecule has 9 heavy (non-hydrogen) atoms. The topological polar surface area (TPSA) is 38.7 Å². The lowest BCUT2D eigenvalue weighted by Gasteiger charge is -1.94. The molecule has 0 aromatic heterocycles. The second-order valence-electron chi connectivity index (χ2n) is 1.24. The third-order valence-electron chi connectivity index (χ3n) is 0.539. The van der Waals surface area contributed by atoms with Crippen LogP contribution in [0.4, 0.5) is 0 Å². The van der Waals surface area contributed by atoms with Crippen LogP contribution in [0.3, 0.4) is 0 Å². The van der Waals surface area contributed by atoms with E-state index in [0.29, 0.717) is 6.61 Å². The van der Waals surface area contributed by atoms with Gasteiger partial charge in [-0.1, -0.05) is 6.08 Å². The Morgan fingerprint density at radius 1 is 1.33 bits per heavy atom. The summed E-state index contributed by atoms with van der Waals surface area (Å²) in [6.07, 6.45) is 3.89. The Bertz CT molecular complexity index is 88.3. The second-order valence-corrected chi connectivity index (χ2v) is 1.24. The second kappa shape index (κ2) is 7.20. The molecule has 0 aromatic carbocycles. The molecule has 0 atom stereocenters. The van der Waals surface area contributed by atoms with Crippen LogP contribution in [0.1, 0.15) is 0 Å². The zero-order valence-electron chi connectivity index (χ0n) is 5.12. The van der Waals surface area contributed by atoms with Gasteiger partial charge in [-0.25, -0.2) is 9.78 Å². The van der Waals surface area contributed by atoms with E-state index in [2.05, 4.69) is 16.4 Å². The molecule has 0 aliphatic carbocycles. The summed E-state index contributed by atoms with van der Waals surface area (Å²) in [7, 11) is 0. The quantitative estimate of drug-likeness (QED) is 0.200. The SMILES string of the molecule is C=CCOOCC=CO. The first-order valence-electron chi connectivity index (χ1n) is 2.56. The molecule has 0 saturated carbocycles. The summed E-state index contributed by atoms with van der Waals surface area (Å²) in [6, 6.07) is 0. The van der Waals surface area contributed by atoms with Crippen molar-refractivity contribution in [2.75, 3.05) is 13.2 Å². The first-order valence-corrected chi connectivity index (χ1v) is 2.56. The van der Waals surface area contributed by atoms with Crippen LogP contribution in [0.25, 0.3) is 0 Å². The number of aliphatic hydroxyl groups excluding tert-OH is 1. The predicted octanol–water partition coefficient (Wildman–Crippen LogP) is 1.19. The molecule has 0 aliphatic heterocycles. The molecule has 3 heteroatoms. The normalized spacial score (nSPS) is 10.2. The van der Waals surface area contributed by atoms with Gasteiger partial charge in [-0.3, -0.25) is 0 Å². The molecule has 0 aliphatic rings. The summed E-state index contributed by atoms with van der Waals surface area (Å²) in [6.45, 7) is 4.02. The monoisotopic (exact) mass is 130 g/mol. The van der Waals surface area contributed by atoms with E-state index in [4.69, 9.17) is 5.11 Å². The molecule has 0 spiro atoms. The molecule has 1 N–H and O–H groups in total. The van der Waals surface area contributed by atoms with Crippen molar-refractivity contribution in [2.24, 2.45) is 0 Å². The molecular formula is C6H10O3. The first kappa shape index (κ1) is 8.20. The van der Waals surface area contributed by atoms with Gasteiger partial charge in [0.2, 0.25) is 0 Å². The van der Waals surface area contributed by atoms with Gasteiger partial charge < -0.3 is 5.11 Å². The number of hydrogen-bond acceptors (Lipinski definition) is 3. The van der Waals surface area contributed by atoms with Gasteiger partial charge in [0, 0.05) is 0 Å². The minimum absolute atomic E-state index is 0.254. The summed E-state index contributed by atoms with van der Waals surface area (Å²) < 4.78 is 0. The van der Waals surface area contributed by atoms with Crippen molar-refractivity contribution in [2.45, 2.75) is 0 Å². The Labute approximate surface area is 54.1 Å². The minimum atomic E-state index is 0.254. The van der Waals surface area contributed by atoms with E-state index < -0.39 is 0 Å². The molecule has 0 saturated heterocycles. The molecule has 0 unspecified atom stereocenters. The highest BCUT2D eigenvalue weighted by molar-refractivity contribution is 4.69. The van der Waals surface area contributed by atoms with Gasteiger partial charge in [0.25, 0.3) is 0 Å². The highest BCUT2D eigenvalue weighted by Gasteiger charge is 1.78. The van der Waals surface area contributed by atoms with E-state index >= 15 is 0 Å². The first-order chi connectivity index (χ1) is 4.41. The Balaban J connectivity index is 2.82. The minimum Gasteiger partial charge on any atom is -0.516 e. The average molecular weight is 130 g/mol. The maximum Gasteiger partial charge on any atom is 0.104 e. The van der Waals surface area contributed by atoms with Crippen LogP contribution in [0, 0.1) is 0 Å². The molecule has 0 aromatic rings. The van der Waals surface area contributed by atoms with Crippen molar-refractivity contribution in [3.8, 4) is 0 Å². The summed E-state index contributed by atoms with van der Waals surface area (Å²) in [5.41, 5.74) is 0. The molecule has 0 fully saturated rings. The van der Waals surface area contributed by atoms with Crippen LogP contribution in [0.5, 0.6) is 0 Å². The fourth-order valence-electron chi connectivity index (χ4n) is 0.227. The van der Waals surface area contributed by atoms with Gasteiger partial charge in [-0.15, -0.1) is 6.58 Å². The molecular weight excluding hydrogens is 120 g/mol. The lowest BCUT2D eigenvalue weighted by molar-refractivity contribution is -0.277. The molecule has 52 valence electrons. The number of rotatable bonds is 5. The van der Waals surface area contributed by atoms with Crippen molar-refractivity contribution < 1.29 is 14.9 Å². The average Bonchev–Trinajstić information content (AvgIpc) is 1.89.